The molecule has 1 amide bonds. The molecule has 0 aliphatic carbocycles. The normalized spacial score (nSPS) is 14.4. The second kappa shape index (κ2) is 8.87. The van der Waals surface area contributed by atoms with Gasteiger partial charge in [0, 0.05) is 19.2 Å². The summed E-state index contributed by atoms with van der Waals surface area (Å²) < 4.78 is 5.15. The van der Waals surface area contributed by atoms with Crippen molar-refractivity contribution in [1.82, 2.24) is 5.32 Å². The van der Waals surface area contributed by atoms with Crippen LogP contribution < -0.4 is 15.5 Å². The Morgan fingerprint density at radius 3 is 2.73 bits per heavy atom. The minimum atomic E-state index is -0.333. The maximum Gasteiger partial charge on any atom is 0.250 e. The Morgan fingerprint density at radius 1 is 1.19 bits per heavy atom. The molecule has 0 bridgehead atoms. The lowest BCUT2D eigenvalue weighted by Crippen LogP contribution is -2.34. The van der Waals surface area contributed by atoms with E-state index < -0.39 is 0 Å². The maximum absolute atomic E-state index is 12.0. The van der Waals surface area contributed by atoms with Crippen LogP contribution in [0.5, 0.6) is 0 Å². The van der Waals surface area contributed by atoms with E-state index in [0.29, 0.717) is 10.8 Å². The Bertz CT molecular complexity index is 799. The number of nitrogens with one attached hydrogen (secondary N) is 2. The summed E-state index contributed by atoms with van der Waals surface area (Å²) in [6.07, 6.45) is 8.02. The monoisotopic (exact) mass is 389 g/mol. The molecule has 136 valence electrons. The van der Waals surface area contributed by atoms with Crippen molar-refractivity contribution in [2.75, 3.05) is 23.3 Å². The van der Waals surface area contributed by atoms with Crippen molar-refractivity contribution in [3.63, 3.8) is 0 Å². The van der Waals surface area contributed by atoms with Crippen molar-refractivity contribution in [3.05, 3.63) is 53.5 Å². The summed E-state index contributed by atoms with van der Waals surface area (Å²) in [5.74, 6) is 0.265. The van der Waals surface area contributed by atoms with Crippen molar-refractivity contribution >= 4 is 52.3 Å². The molecule has 26 heavy (non-hydrogen) atoms. The third kappa shape index (κ3) is 4.86. The average molecular weight is 390 g/mol. The fraction of sp³-hybridized carbons (Fsp3) is 0.263. The number of nitrogens with zero attached hydrogens (tertiary/aromatic N) is 1. The molecule has 0 radical (unpaired) electrons. The molecule has 0 spiro atoms. The zero-order chi connectivity index (χ0) is 18.4. The standard InChI is InChI=1S/C19H20ClN3O2S/c20-15-7-4-8-16(18(15)23-11-2-1-3-12-23)21-19(26)22-17(24)10-9-14-6-5-13-25-14/h4-10,13H,1-3,11-12H2,(H2,21,22,24,26)/b10-9+. The van der Waals surface area contributed by atoms with Gasteiger partial charge in [-0.3, -0.25) is 10.1 Å². The van der Waals surface area contributed by atoms with E-state index in [-0.39, 0.29) is 11.0 Å². The highest BCUT2D eigenvalue weighted by Gasteiger charge is 2.18. The molecule has 5 nitrogen and oxygen atoms in total. The van der Waals surface area contributed by atoms with Crippen molar-refractivity contribution < 1.29 is 9.21 Å². The predicted octanol–water partition coefficient (Wildman–Crippen LogP) is 4.45. The number of benzene rings is 1. The number of thiocarbonyl (C=S) groups is 1. The first-order valence-electron chi connectivity index (χ1n) is 8.50. The summed E-state index contributed by atoms with van der Waals surface area (Å²) in [5.41, 5.74) is 1.72. The van der Waals surface area contributed by atoms with Crippen LogP contribution in [0.4, 0.5) is 11.4 Å². The van der Waals surface area contributed by atoms with E-state index in [0.717, 1.165) is 37.3 Å². The van der Waals surface area contributed by atoms with Gasteiger partial charge in [-0.15, -0.1) is 0 Å². The minimum Gasteiger partial charge on any atom is -0.465 e. The molecule has 1 fully saturated rings. The summed E-state index contributed by atoms with van der Waals surface area (Å²) >= 11 is 11.7. The number of anilines is 2. The number of carbonyl (C=O) groups excluding carboxylic acids is 1. The predicted molar refractivity (Wildman–Crippen MR) is 110 cm³/mol. The van der Waals surface area contributed by atoms with Gasteiger partial charge in [-0.2, -0.15) is 0 Å². The minimum absolute atomic E-state index is 0.222. The quantitative estimate of drug-likeness (QED) is 0.597. The molecule has 1 aliphatic heterocycles. The molecular formula is C19H20ClN3O2S. The number of furan rings is 1. The summed E-state index contributed by atoms with van der Waals surface area (Å²) in [6, 6.07) is 9.15. The summed E-state index contributed by atoms with van der Waals surface area (Å²) in [5, 5.41) is 6.61. The molecule has 0 unspecified atom stereocenters. The van der Waals surface area contributed by atoms with Crippen LogP contribution in [0.25, 0.3) is 6.08 Å². The van der Waals surface area contributed by atoms with Crippen molar-refractivity contribution in [1.29, 1.82) is 0 Å². The number of halogens is 1. The molecule has 0 atom stereocenters. The SMILES string of the molecule is O=C(/C=C/c1ccco1)NC(=S)Nc1cccc(Cl)c1N1CCCCC1. The van der Waals surface area contributed by atoms with Gasteiger partial charge < -0.3 is 14.6 Å². The molecule has 2 heterocycles. The molecule has 1 aromatic heterocycles. The maximum atomic E-state index is 12.0. The zero-order valence-electron chi connectivity index (χ0n) is 14.2. The number of piperidine rings is 1. The second-order valence-corrected chi connectivity index (χ2v) is 6.79. The highest BCUT2D eigenvalue weighted by Crippen LogP contribution is 2.35. The average Bonchev–Trinajstić information content (AvgIpc) is 3.14. The van der Waals surface area contributed by atoms with E-state index in [1.54, 1.807) is 24.5 Å². The first-order chi connectivity index (χ1) is 12.6. The van der Waals surface area contributed by atoms with Crippen LogP contribution in [0.1, 0.15) is 25.0 Å². The Labute approximate surface area is 163 Å². The number of carbonyl (C=O) groups is 1. The van der Waals surface area contributed by atoms with Gasteiger partial charge in [-0.05, 0) is 61.8 Å². The van der Waals surface area contributed by atoms with Gasteiger partial charge >= 0.3 is 0 Å². The summed E-state index contributed by atoms with van der Waals surface area (Å²) in [7, 11) is 0. The Morgan fingerprint density at radius 2 is 2.00 bits per heavy atom. The third-order valence-corrected chi connectivity index (χ3v) is 4.60. The lowest BCUT2D eigenvalue weighted by molar-refractivity contribution is -0.115. The van der Waals surface area contributed by atoms with Gasteiger partial charge in [-0.25, -0.2) is 0 Å². The van der Waals surface area contributed by atoms with Gasteiger partial charge in [0.05, 0.1) is 22.7 Å². The van der Waals surface area contributed by atoms with Gasteiger partial charge in [-0.1, -0.05) is 17.7 Å². The van der Waals surface area contributed by atoms with Crippen LogP contribution in [0, 0.1) is 0 Å². The number of hydrogen-bond donors (Lipinski definition) is 2. The third-order valence-electron chi connectivity index (χ3n) is 4.09. The highest BCUT2D eigenvalue weighted by atomic mass is 35.5. The first kappa shape index (κ1) is 18.5. The van der Waals surface area contributed by atoms with Crippen molar-refractivity contribution in [3.8, 4) is 0 Å². The molecule has 2 N–H and O–H groups in total. The van der Waals surface area contributed by atoms with E-state index >= 15 is 0 Å². The van der Waals surface area contributed by atoms with Crippen LogP contribution in [0.3, 0.4) is 0 Å². The molecule has 0 saturated carbocycles. The smallest absolute Gasteiger partial charge is 0.250 e. The van der Waals surface area contributed by atoms with Gasteiger partial charge in [0.1, 0.15) is 5.76 Å². The number of amides is 1. The lowest BCUT2D eigenvalue weighted by Gasteiger charge is -2.31. The van der Waals surface area contributed by atoms with Gasteiger partial charge in [0.25, 0.3) is 0 Å². The van der Waals surface area contributed by atoms with E-state index in [1.807, 2.05) is 18.2 Å². The van der Waals surface area contributed by atoms with E-state index in [1.165, 1.54) is 12.5 Å². The van der Waals surface area contributed by atoms with Crippen LogP contribution >= 0.6 is 23.8 Å². The Kier molecular flexibility index (Phi) is 6.30. The summed E-state index contributed by atoms with van der Waals surface area (Å²) in [6.45, 7) is 1.92. The molecule has 2 aromatic rings. The Hall–Kier alpha value is -2.31. The van der Waals surface area contributed by atoms with E-state index in [9.17, 15) is 4.79 Å². The largest absolute Gasteiger partial charge is 0.465 e. The zero-order valence-corrected chi connectivity index (χ0v) is 15.8. The molecular weight excluding hydrogens is 370 g/mol. The molecule has 1 aliphatic rings. The highest BCUT2D eigenvalue weighted by molar-refractivity contribution is 7.80. The molecule has 1 saturated heterocycles. The van der Waals surface area contributed by atoms with Crippen molar-refractivity contribution in [2.45, 2.75) is 19.3 Å². The van der Waals surface area contributed by atoms with E-state index in [2.05, 4.69) is 15.5 Å². The lowest BCUT2D eigenvalue weighted by atomic mass is 10.1. The number of rotatable bonds is 4. The van der Waals surface area contributed by atoms with E-state index in [4.69, 9.17) is 28.2 Å². The number of hydrogen-bond acceptors (Lipinski definition) is 4. The topological polar surface area (TPSA) is 57.5 Å². The van der Waals surface area contributed by atoms with Crippen LogP contribution in [0.2, 0.25) is 5.02 Å². The van der Waals surface area contributed by atoms with Crippen LogP contribution in [0.15, 0.2) is 47.1 Å². The fourth-order valence-corrected chi connectivity index (χ4v) is 3.41. The number of para-hydroxylation sites is 1. The van der Waals surface area contributed by atoms with Crippen LogP contribution in [-0.2, 0) is 4.79 Å². The van der Waals surface area contributed by atoms with Crippen LogP contribution in [-0.4, -0.2) is 24.1 Å². The van der Waals surface area contributed by atoms with Gasteiger partial charge in [0.15, 0.2) is 5.11 Å². The van der Waals surface area contributed by atoms with Crippen molar-refractivity contribution in [2.24, 2.45) is 0 Å². The van der Waals surface area contributed by atoms with Gasteiger partial charge in [0.2, 0.25) is 5.91 Å². The molecule has 3 rings (SSSR count). The molecule has 1 aromatic carbocycles. The fourth-order valence-electron chi connectivity index (χ4n) is 2.91. The summed E-state index contributed by atoms with van der Waals surface area (Å²) in [4.78, 5) is 14.2. The first-order valence-corrected chi connectivity index (χ1v) is 9.29. The molecule has 7 heteroatoms. The second-order valence-electron chi connectivity index (χ2n) is 5.98. The Balaban J connectivity index is 1.65.